The number of urea groups is 1. The topological polar surface area (TPSA) is 280 Å². The lowest BCUT2D eigenvalue weighted by Gasteiger charge is -2.33. The smallest absolute Gasteiger partial charge is 0.319 e. The van der Waals surface area contributed by atoms with Crippen molar-refractivity contribution in [1.82, 2.24) is 46.8 Å². The molecule has 4 aromatic carbocycles. The number of fused-ring (bicyclic) bond motifs is 1. The van der Waals surface area contributed by atoms with Gasteiger partial charge in [0.2, 0.25) is 5.91 Å². The maximum atomic E-state index is 15.2. The summed E-state index contributed by atoms with van der Waals surface area (Å²) < 4.78 is 43.0. The molecule has 0 unspecified atom stereocenters. The van der Waals surface area contributed by atoms with E-state index in [0.29, 0.717) is 153 Å². The monoisotopic (exact) mass is 1370 g/mol. The van der Waals surface area contributed by atoms with Crippen LogP contribution in [-0.2, 0) is 9.53 Å². The second-order valence-electron chi connectivity index (χ2n) is 24.5. The van der Waals surface area contributed by atoms with Crippen LogP contribution in [-0.4, -0.2) is 162 Å². The summed E-state index contributed by atoms with van der Waals surface area (Å²) in [5, 5.41) is 21.0. The fourth-order valence-corrected chi connectivity index (χ4v) is 10.8. The quantitative estimate of drug-likeness (QED) is 0.0178. The molecule has 1 heterocycles. The van der Waals surface area contributed by atoms with Gasteiger partial charge in [-0.15, -0.1) is 0 Å². The van der Waals surface area contributed by atoms with Crippen LogP contribution in [0, 0.1) is 5.41 Å². The highest BCUT2D eigenvalue weighted by Gasteiger charge is 2.37. The van der Waals surface area contributed by atoms with E-state index in [1.54, 1.807) is 54.6 Å². The Balaban J connectivity index is 1.34. The Morgan fingerprint density at radius 3 is 1.23 bits per heavy atom. The minimum atomic E-state index is -1.08. The molecule has 7 amide bonds. The summed E-state index contributed by atoms with van der Waals surface area (Å²) in [5.74, 6) is 1.09. The molecule has 0 spiro atoms. The van der Waals surface area contributed by atoms with Crippen molar-refractivity contribution in [1.29, 1.82) is 0 Å². The molecule has 1 aromatic heterocycles. The summed E-state index contributed by atoms with van der Waals surface area (Å²) in [7, 11) is 0. The van der Waals surface area contributed by atoms with E-state index in [1.807, 2.05) is 18.2 Å². The number of rotatable bonds is 53. The molecule has 0 aliphatic carbocycles. The summed E-state index contributed by atoms with van der Waals surface area (Å²) >= 11 is 0. The van der Waals surface area contributed by atoms with Crippen molar-refractivity contribution >= 4 is 52.3 Å². The molecule has 546 valence electrons. The number of likely N-dealkylation sites (N-methyl/N-ethyl adjacent to an activating group) is 1. The molecule has 0 fully saturated rings. The molecule has 5 aromatic rings. The maximum absolute atomic E-state index is 15.2. The number of aromatic nitrogens is 2. The van der Waals surface area contributed by atoms with E-state index in [0.717, 1.165) is 96.7 Å². The number of anilines is 1. The first kappa shape index (κ1) is 81.2. The van der Waals surface area contributed by atoms with Crippen molar-refractivity contribution in [3.8, 4) is 34.5 Å². The number of ether oxygens (including phenoxy) is 7. The van der Waals surface area contributed by atoms with Crippen LogP contribution in [0.25, 0.3) is 11.0 Å². The second-order valence-corrected chi connectivity index (χ2v) is 24.5. The number of carbonyl (C=O) groups is 6. The van der Waals surface area contributed by atoms with Gasteiger partial charge < -0.3 is 75.3 Å². The summed E-state index contributed by atoms with van der Waals surface area (Å²) in [6, 6.07) is 20.5. The van der Waals surface area contributed by atoms with Crippen LogP contribution in [0.15, 0.2) is 79.0 Å². The van der Waals surface area contributed by atoms with Crippen LogP contribution < -0.4 is 65.6 Å². The van der Waals surface area contributed by atoms with Gasteiger partial charge in [-0.1, -0.05) is 112 Å². The minimum absolute atomic E-state index is 0.115. The number of hydrogen-bond acceptors (Lipinski definition) is 16. The molecule has 0 aliphatic rings. The van der Waals surface area contributed by atoms with Crippen molar-refractivity contribution < 1.29 is 61.9 Å². The molecule has 0 saturated heterocycles. The van der Waals surface area contributed by atoms with E-state index in [-0.39, 0.29) is 81.2 Å². The van der Waals surface area contributed by atoms with Gasteiger partial charge in [0.15, 0.2) is 34.5 Å². The normalized spacial score (nSPS) is 11.2. The molecule has 0 radical (unpaired) electrons. The number of carbonyl (C=O) groups excluding carboxylic acids is 6. The van der Waals surface area contributed by atoms with Gasteiger partial charge in [-0.05, 0) is 145 Å². The minimum Gasteiger partial charge on any atom is -0.490 e. The third-order valence-electron chi connectivity index (χ3n) is 16.7. The molecule has 0 saturated carbocycles. The van der Waals surface area contributed by atoms with Gasteiger partial charge in [0.25, 0.3) is 23.6 Å². The molecule has 5 rings (SSSR count). The molecular weight excluding hydrogens is 1260 g/mol. The second kappa shape index (κ2) is 47.5. The molecule has 0 aliphatic heterocycles. The molecule has 23 heteroatoms. The van der Waals surface area contributed by atoms with Gasteiger partial charge in [0, 0.05) is 56.9 Å². The molecule has 23 nitrogen and oxygen atoms in total. The molecule has 0 atom stereocenters. The van der Waals surface area contributed by atoms with Crippen molar-refractivity contribution in [2.45, 2.75) is 171 Å². The molecule has 0 bridgehead atoms. The number of nitrogens with zero attached hydrogens (tertiary/aromatic N) is 3. The van der Waals surface area contributed by atoms with Gasteiger partial charge in [-0.3, -0.25) is 29.0 Å². The average Bonchev–Trinajstić information content (AvgIpc) is 0.864. The Labute approximate surface area is 587 Å². The first-order valence-corrected chi connectivity index (χ1v) is 36.5. The Hall–Kier alpha value is -8.44. The number of benzene rings is 4. The Kier molecular flexibility index (Phi) is 39.0. The number of hydrogen-bond donors (Lipinski definition) is 7. The Morgan fingerprint density at radius 2 is 0.818 bits per heavy atom. The lowest BCUT2D eigenvalue weighted by molar-refractivity contribution is -0.133. The van der Waals surface area contributed by atoms with E-state index < -0.39 is 11.4 Å². The molecule has 7 N–H and O–H groups in total. The van der Waals surface area contributed by atoms with Crippen LogP contribution in [0.2, 0.25) is 0 Å². The first-order chi connectivity index (χ1) is 48.3. The fraction of sp³-hybridized carbons (Fsp3) is 0.579. The predicted molar refractivity (Wildman–Crippen MR) is 389 cm³/mol. The average molecular weight is 1380 g/mol. The van der Waals surface area contributed by atoms with Crippen LogP contribution in [0.5, 0.6) is 34.5 Å². The van der Waals surface area contributed by atoms with Crippen molar-refractivity contribution in [2.24, 2.45) is 5.41 Å². The highest BCUT2D eigenvalue weighted by molar-refractivity contribution is 5.99. The van der Waals surface area contributed by atoms with Gasteiger partial charge in [-0.25, -0.2) is 9.78 Å². The zero-order chi connectivity index (χ0) is 71.3. The Morgan fingerprint density at radius 1 is 0.414 bits per heavy atom. The van der Waals surface area contributed by atoms with Crippen molar-refractivity contribution in [2.75, 3.05) is 117 Å². The van der Waals surface area contributed by atoms with Crippen LogP contribution in [0.1, 0.15) is 213 Å². The number of amides is 7. The van der Waals surface area contributed by atoms with Gasteiger partial charge >= 0.3 is 6.03 Å². The van der Waals surface area contributed by atoms with Crippen LogP contribution >= 0.6 is 0 Å². The van der Waals surface area contributed by atoms with Crippen LogP contribution in [0.4, 0.5) is 10.5 Å². The van der Waals surface area contributed by atoms with Gasteiger partial charge in [0.1, 0.15) is 5.69 Å². The third-order valence-corrected chi connectivity index (χ3v) is 16.7. The highest BCUT2D eigenvalue weighted by atomic mass is 16.5. The Bertz CT molecular complexity index is 3010. The van der Waals surface area contributed by atoms with Crippen LogP contribution in [0.3, 0.4) is 0 Å². The number of para-hydroxylation sites is 3. The summed E-state index contributed by atoms with van der Waals surface area (Å²) in [4.78, 5) is 94.8. The fourth-order valence-electron chi connectivity index (χ4n) is 10.8. The first-order valence-electron chi connectivity index (χ1n) is 36.5. The summed E-state index contributed by atoms with van der Waals surface area (Å²) in [6.07, 6.45) is 14.0. The lowest BCUT2D eigenvalue weighted by atomic mass is 9.74. The van der Waals surface area contributed by atoms with Crippen molar-refractivity contribution in [3.05, 3.63) is 101 Å². The maximum Gasteiger partial charge on any atom is 0.319 e. The van der Waals surface area contributed by atoms with Gasteiger partial charge in [-0.2, -0.15) is 0 Å². The largest absolute Gasteiger partial charge is 0.490 e. The highest BCUT2D eigenvalue weighted by Crippen LogP contribution is 2.38. The predicted octanol–water partition coefficient (Wildman–Crippen LogP) is 12.6. The van der Waals surface area contributed by atoms with E-state index in [1.165, 1.54) is 6.20 Å². The SMILES string of the molecule is CCCCOc1cccc(C(=O)NCCCC(CCCNC(=O)c2cccc(OCCCC)c2OCCCC)(CCCNC(=O)c2cccc(OCCCC)c2OCCCC)C(=O)NCCOCCNC(=O)Nc2ccc3nc(C(=O)NCCN(CC)CC)cnc3c2)c1OCCCC. The number of unbranched alkanes of at least 4 members (excludes halogenated alkanes) is 6. The van der Waals surface area contributed by atoms with Gasteiger partial charge in [0.05, 0.1) is 86.8 Å². The summed E-state index contributed by atoms with van der Waals surface area (Å²) in [5.41, 5.74) is 1.64. The van der Waals surface area contributed by atoms with E-state index in [9.17, 15) is 24.0 Å². The van der Waals surface area contributed by atoms with Crippen molar-refractivity contribution in [3.63, 3.8) is 0 Å². The summed E-state index contributed by atoms with van der Waals surface area (Å²) in [6.45, 7) is 23.5. The van der Waals surface area contributed by atoms with E-state index in [2.05, 4.69) is 107 Å². The lowest BCUT2D eigenvalue weighted by Crippen LogP contribution is -2.44. The molecule has 99 heavy (non-hydrogen) atoms. The zero-order valence-corrected chi connectivity index (χ0v) is 60.4. The zero-order valence-electron chi connectivity index (χ0n) is 60.4. The third kappa shape index (κ3) is 28.4. The molecular formula is C76H114N10O13. The standard InChI is InChI=1S/C76H114N10O13/c1-9-17-47-94-64-32-23-29-58(67(64)97-50-20-12-4)70(87)77-40-26-37-76(38-27-41-78-71(88)59-30-24-33-65(95-48-18-10-2)68(59)98-51-21-13-5,39-28-42-79-72(89)60-31-25-34-66(96-49-19-11-3)69(60)99-52-22-14-6)74(91)81-44-53-93-54-45-82-75(92)84-57-35-36-61-62(55-57)83-56-63(85-61)73(90)80-43-46-86(15-7)16-8/h23-25,29-36,55-56H,9-22,26-28,37-54H2,1-8H3,(H,77,87)(H,78,88)(H,79,89)(H,80,90)(H,81,91)(H2,82,84,92). The van der Waals surface area contributed by atoms with E-state index in [4.69, 9.17) is 33.2 Å². The number of nitrogens with one attached hydrogen (secondary N) is 7. The van der Waals surface area contributed by atoms with E-state index >= 15 is 4.79 Å².